The summed E-state index contributed by atoms with van der Waals surface area (Å²) >= 11 is 11.6. The Kier molecular flexibility index (Phi) is 6.76. The number of carbonyl (C=O) groups is 2. The molecule has 5 rings (SSSR count). The van der Waals surface area contributed by atoms with Gasteiger partial charge in [-0.05, 0) is 74.9 Å². The third kappa shape index (κ3) is 5.64. The first-order valence-electron chi connectivity index (χ1n) is 10.6. The van der Waals surface area contributed by atoms with E-state index in [-0.39, 0.29) is 36.1 Å². The fraction of sp³-hybridized carbons (Fsp3) is 0.435. The number of halogens is 2. The summed E-state index contributed by atoms with van der Waals surface area (Å²) in [6, 6.07) is 10.2. The van der Waals surface area contributed by atoms with Crippen LogP contribution in [-0.2, 0) is 9.59 Å². The summed E-state index contributed by atoms with van der Waals surface area (Å²) in [6.45, 7) is -0.114. The second kappa shape index (κ2) is 9.55. The molecular weight excluding hydrogens is 453 g/mol. The van der Waals surface area contributed by atoms with Crippen molar-refractivity contribution in [3.63, 3.8) is 0 Å². The molecule has 0 atom stereocenters. The molecule has 1 aromatic heterocycles. The Labute approximate surface area is 196 Å². The number of hydrogen-bond acceptors (Lipinski definition) is 5. The van der Waals surface area contributed by atoms with Crippen LogP contribution >= 0.6 is 23.2 Å². The number of amides is 2. The minimum absolute atomic E-state index is 0.0395. The van der Waals surface area contributed by atoms with E-state index in [1.54, 1.807) is 36.4 Å². The highest BCUT2D eigenvalue weighted by molar-refractivity contribution is 6.30. The molecular formula is C23H25Cl2N3O4. The normalized spacial score (nSPS) is 23.9. The smallest absolute Gasteiger partial charge is 0.258 e. The highest BCUT2D eigenvalue weighted by Crippen LogP contribution is 2.46. The minimum Gasteiger partial charge on any atom is -0.484 e. The van der Waals surface area contributed by atoms with Crippen LogP contribution in [0.1, 0.15) is 38.5 Å². The van der Waals surface area contributed by atoms with E-state index >= 15 is 0 Å². The van der Waals surface area contributed by atoms with Crippen molar-refractivity contribution < 1.29 is 19.1 Å². The number of ether oxygens (including phenoxy) is 2. The van der Waals surface area contributed by atoms with Gasteiger partial charge in [-0.25, -0.2) is 4.98 Å². The zero-order valence-electron chi connectivity index (χ0n) is 17.5. The summed E-state index contributed by atoms with van der Waals surface area (Å²) < 4.78 is 11.1. The molecule has 2 amide bonds. The lowest BCUT2D eigenvalue weighted by molar-refractivity contribution is -0.130. The lowest BCUT2D eigenvalue weighted by Gasteiger charge is -2.53. The average Bonchev–Trinajstić information content (AvgIpc) is 2.79. The topological polar surface area (TPSA) is 89.6 Å². The summed E-state index contributed by atoms with van der Waals surface area (Å²) in [4.78, 5) is 28.9. The number of carbonyl (C=O) groups excluding carboxylic acids is 2. The number of rotatable bonds is 8. The SMILES string of the molecule is O=C(COc1ccc(Cl)cc1)NC12CCC(NC(=O)COc3ccc(Cl)nc3)(CC1)CC2. The molecule has 0 spiro atoms. The first kappa shape index (κ1) is 22.7. The zero-order valence-corrected chi connectivity index (χ0v) is 19.0. The van der Waals surface area contributed by atoms with Crippen molar-refractivity contribution in [1.29, 1.82) is 0 Å². The molecule has 7 nitrogen and oxygen atoms in total. The maximum Gasteiger partial charge on any atom is 0.258 e. The molecule has 2 N–H and O–H groups in total. The standard InChI is InChI=1S/C23H25Cl2N3O4/c24-16-1-3-17(4-2-16)31-14-20(29)27-22-7-10-23(11-8-22,12-9-22)28-21(30)15-32-18-5-6-19(25)26-13-18/h1-6,13H,7-12,14-15H2,(H,27,29)(H,28,30). The van der Waals surface area contributed by atoms with Gasteiger partial charge in [0.25, 0.3) is 11.8 Å². The molecule has 3 aliphatic carbocycles. The molecule has 1 heterocycles. The number of aromatic nitrogens is 1. The van der Waals surface area contributed by atoms with Gasteiger partial charge in [0.2, 0.25) is 0 Å². The van der Waals surface area contributed by atoms with E-state index in [2.05, 4.69) is 15.6 Å². The lowest BCUT2D eigenvalue weighted by atomic mass is 9.61. The molecule has 3 aliphatic rings. The van der Waals surface area contributed by atoms with Crippen LogP contribution in [0.15, 0.2) is 42.6 Å². The number of pyridine rings is 1. The third-order valence-corrected chi connectivity index (χ3v) is 6.78. The number of nitrogens with one attached hydrogen (secondary N) is 2. The Morgan fingerprint density at radius 3 is 1.72 bits per heavy atom. The van der Waals surface area contributed by atoms with Gasteiger partial charge >= 0.3 is 0 Å². The van der Waals surface area contributed by atoms with Crippen LogP contribution < -0.4 is 20.1 Å². The number of fused-ring (bicyclic) bond motifs is 3. The van der Waals surface area contributed by atoms with Crippen molar-refractivity contribution >= 4 is 35.0 Å². The van der Waals surface area contributed by atoms with E-state index < -0.39 is 0 Å². The molecule has 32 heavy (non-hydrogen) atoms. The first-order chi connectivity index (χ1) is 15.4. The van der Waals surface area contributed by atoms with E-state index in [0.717, 1.165) is 38.5 Å². The van der Waals surface area contributed by atoms with E-state index in [4.69, 9.17) is 32.7 Å². The van der Waals surface area contributed by atoms with Crippen molar-refractivity contribution in [3.05, 3.63) is 52.8 Å². The number of hydrogen-bond donors (Lipinski definition) is 2. The second-order valence-electron chi connectivity index (χ2n) is 8.50. The van der Waals surface area contributed by atoms with Crippen molar-refractivity contribution in [2.45, 2.75) is 49.6 Å². The molecule has 3 saturated carbocycles. The van der Waals surface area contributed by atoms with Crippen LogP contribution in [0.5, 0.6) is 11.5 Å². The largest absolute Gasteiger partial charge is 0.484 e. The van der Waals surface area contributed by atoms with Gasteiger partial charge < -0.3 is 20.1 Å². The van der Waals surface area contributed by atoms with Gasteiger partial charge in [0.05, 0.1) is 6.20 Å². The minimum atomic E-state index is -0.231. The van der Waals surface area contributed by atoms with Crippen LogP contribution in [0, 0.1) is 0 Å². The average molecular weight is 478 g/mol. The lowest BCUT2D eigenvalue weighted by Crippen LogP contribution is -2.64. The molecule has 2 bridgehead atoms. The monoisotopic (exact) mass is 477 g/mol. The summed E-state index contributed by atoms with van der Waals surface area (Å²) in [5.41, 5.74) is -0.455. The molecule has 9 heteroatoms. The molecule has 2 aromatic rings. The Balaban J connectivity index is 1.22. The third-order valence-electron chi connectivity index (χ3n) is 6.31. The highest BCUT2D eigenvalue weighted by atomic mass is 35.5. The van der Waals surface area contributed by atoms with Gasteiger partial charge in [-0.3, -0.25) is 9.59 Å². The fourth-order valence-corrected chi connectivity index (χ4v) is 4.74. The van der Waals surface area contributed by atoms with Crippen LogP contribution in [0.3, 0.4) is 0 Å². The van der Waals surface area contributed by atoms with Crippen LogP contribution in [0.25, 0.3) is 0 Å². The van der Waals surface area contributed by atoms with Gasteiger partial charge in [-0.2, -0.15) is 0 Å². The molecule has 1 aromatic carbocycles. The Bertz CT molecular complexity index is 862. The molecule has 0 saturated heterocycles. The Morgan fingerprint density at radius 1 is 0.781 bits per heavy atom. The van der Waals surface area contributed by atoms with Crippen LogP contribution in [-0.4, -0.2) is 41.1 Å². The quantitative estimate of drug-likeness (QED) is 0.562. The van der Waals surface area contributed by atoms with Crippen molar-refractivity contribution in [3.8, 4) is 11.5 Å². The molecule has 0 radical (unpaired) electrons. The van der Waals surface area contributed by atoms with E-state index in [1.165, 1.54) is 6.20 Å². The maximum absolute atomic E-state index is 12.5. The van der Waals surface area contributed by atoms with Gasteiger partial charge in [-0.15, -0.1) is 0 Å². The summed E-state index contributed by atoms with van der Waals surface area (Å²) in [5.74, 6) is 0.808. The maximum atomic E-state index is 12.5. The van der Waals surface area contributed by atoms with Crippen molar-refractivity contribution in [1.82, 2.24) is 15.6 Å². The Hall–Kier alpha value is -2.51. The summed E-state index contributed by atoms with van der Waals surface area (Å²) in [6.07, 6.45) is 6.41. The second-order valence-corrected chi connectivity index (χ2v) is 9.33. The van der Waals surface area contributed by atoms with E-state index in [1.807, 2.05) is 0 Å². The van der Waals surface area contributed by atoms with Crippen LogP contribution in [0.4, 0.5) is 0 Å². The van der Waals surface area contributed by atoms with Crippen molar-refractivity contribution in [2.24, 2.45) is 0 Å². The van der Waals surface area contributed by atoms with E-state index in [0.29, 0.717) is 21.7 Å². The Morgan fingerprint density at radius 2 is 1.25 bits per heavy atom. The van der Waals surface area contributed by atoms with Gasteiger partial charge in [0.1, 0.15) is 16.7 Å². The van der Waals surface area contributed by atoms with Crippen molar-refractivity contribution in [2.75, 3.05) is 13.2 Å². The highest BCUT2D eigenvalue weighted by Gasteiger charge is 2.49. The van der Waals surface area contributed by atoms with Gasteiger partial charge in [0.15, 0.2) is 13.2 Å². The molecule has 0 unspecified atom stereocenters. The van der Waals surface area contributed by atoms with Gasteiger partial charge in [0, 0.05) is 16.1 Å². The number of nitrogens with zero attached hydrogens (tertiary/aromatic N) is 1. The van der Waals surface area contributed by atoms with Crippen LogP contribution in [0.2, 0.25) is 10.2 Å². The van der Waals surface area contributed by atoms with E-state index in [9.17, 15) is 9.59 Å². The predicted molar refractivity (Wildman–Crippen MR) is 121 cm³/mol. The fourth-order valence-electron chi connectivity index (χ4n) is 4.50. The van der Waals surface area contributed by atoms with Gasteiger partial charge in [-0.1, -0.05) is 23.2 Å². The summed E-state index contributed by atoms with van der Waals surface area (Å²) in [7, 11) is 0. The molecule has 170 valence electrons. The predicted octanol–water partition coefficient (Wildman–Crippen LogP) is 3.92. The first-order valence-corrected chi connectivity index (χ1v) is 11.4. The molecule has 3 fully saturated rings. The zero-order chi connectivity index (χ0) is 22.6. The molecule has 0 aliphatic heterocycles. The summed E-state index contributed by atoms with van der Waals surface area (Å²) in [5, 5.41) is 7.34. The number of benzene rings is 1.